The lowest BCUT2D eigenvalue weighted by Gasteiger charge is -2.08. The van der Waals surface area contributed by atoms with Gasteiger partial charge in [0.25, 0.3) is 5.91 Å². The average molecular weight is 233 g/mol. The Balaban J connectivity index is 2.59. The molecule has 0 spiro atoms. The highest BCUT2D eigenvalue weighted by Gasteiger charge is 2.28. The van der Waals surface area contributed by atoms with E-state index in [9.17, 15) is 18.0 Å². The van der Waals surface area contributed by atoms with Gasteiger partial charge in [0.2, 0.25) is 0 Å². The number of carbonyl (C=O) groups excluding carboxylic acids is 1. The summed E-state index contributed by atoms with van der Waals surface area (Å²) in [6, 6.07) is 2.90. The van der Waals surface area contributed by atoms with Crippen molar-refractivity contribution >= 4 is 11.6 Å². The van der Waals surface area contributed by atoms with Crippen molar-refractivity contribution in [1.29, 1.82) is 0 Å². The zero-order chi connectivity index (χ0) is 12.2. The molecule has 1 aromatic heterocycles. The van der Waals surface area contributed by atoms with Gasteiger partial charge in [0.1, 0.15) is 12.2 Å². The van der Waals surface area contributed by atoms with Crippen molar-refractivity contribution < 1.29 is 18.0 Å². The fourth-order valence-corrected chi connectivity index (χ4v) is 0.947. The Morgan fingerprint density at radius 1 is 1.44 bits per heavy atom. The predicted octanol–water partition coefficient (Wildman–Crippen LogP) is 1.42. The molecule has 1 aromatic rings. The minimum atomic E-state index is -4.42. The summed E-state index contributed by atoms with van der Waals surface area (Å²) in [5.41, 5.74) is 0.621. The second-order valence-electron chi connectivity index (χ2n) is 2.98. The zero-order valence-corrected chi connectivity index (χ0v) is 8.43. The molecule has 0 unspecified atom stereocenters. The van der Waals surface area contributed by atoms with Crippen LogP contribution in [-0.4, -0.2) is 30.7 Å². The minimum absolute atomic E-state index is 0.0525. The first-order valence-corrected chi connectivity index (χ1v) is 4.41. The Morgan fingerprint density at radius 2 is 2.12 bits per heavy atom. The van der Waals surface area contributed by atoms with E-state index in [-0.39, 0.29) is 5.69 Å². The van der Waals surface area contributed by atoms with Crippen LogP contribution in [0.2, 0.25) is 0 Å². The fraction of sp³-hybridized carbons (Fsp3) is 0.333. The number of pyridine rings is 1. The Morgan fingerprint density at radius 3 is 2.56 bits per heavy atom. The smallest absolute Gasteiger partial charge is 0.387 e. The Hall–Kier alpha value is -1.79. The molecule has 0 saturated carbocycles. The Bertz CT molecular complexity index is 361. The van der Waals surface area contributed by atoms with Crippen LogP contribution in [0, 0.1) is 0 Å². The predicted molar refractivity (Wildman–Crippen MR) is 52.2 cm³/mol. The molecule has 0 aliphatic rings. The number of nitrogens with one attached hydrogen (secondary N) is 2. The lowest BCUT2D eigenvalue weighted by atomic mass is 10.3. The molecule has 0 saturated heterocycles. The second kappa shape index (κ2) is 4.82. The number of aromatic nitrogens is 1. The van der Waals surface area contributed by atoms with Gasteiger partial charge in [-0.2, -0.15) is 13.2 Å². The van der Waals surface area contributed by atoms with Gasteiger partial charge in [-0.05, 0) is 12.1 Å². The summed E-state index contributed by atoms with van der Waals surface area (Å²) in [5.74, 6) is -0.847. The largest absolute Gasteiger partial charge is 0.405 e. The van der Waals surface area contributed by atoms with Crippen LogP contribution < -0.4 is 10.6 Å². The van der Waals surface area contributed by atoms with Gasteiger partial charge in [-0.15, -0.1) is 0 Å². The summed E-state index contributed by atoms with van der Waals surface area (Å²) in [6.07, 6.45) is -3.05. The number of anilines is 1. The first-order chi connectivity index (χ1) is 7.42. The molecular weight excluding hydrogens is 223 g/mol. The molecule has 1 heterocycles. The molecule has 0 fully saturated rings. The molecule has 7 heteroatoms. The first kappa shape index (κ1) is 12.3. The van der Waals surface area contributed by atoms with Gasteiger partial charge in [-0.3, -0.25) is 4.79 Å². The highest BCUT2D eigenvalue weighted by atomic mass is 19.4. The van der Waals surface area contributed by atoms with Gasteiger partial charge in [-0.1, -0.05) is 0 Å². The third-order valence-electron chi connectivity index (χ3n) is 1.73. The number of nitrogens with zero attached hydrogens (tertiary/aromatic N) is 1. The first-order valence-electron chi connectivity index (χ1n) is 4.41. The maximum atomic E-state index is 11.8. The van der Waals surface area contributed by atoms with Crippen molar-refractivity contribution in [2.24, 2.45) is 0 Å². The van der Waals surface area contributed by atoms with Crippen molar-refractivity contribution in [3.8, 4) is 0 Å². The molecule has 1 amide bonds. The number of hydrogen-bond acceptors (Lipinski definition) is 3. The Labute approximate surface area is 89.9 Å². The van der Waals surface area contributed by atoms with E-state index in [2.05, 4.69) is 10.3 Å². The van der Waals surface area contributed by atoms with Crippen molar-refractivity contribution in [2.75, 3.05) is 18.9 Å². The number of amides is 1. The summed E-state index contributed by atoms with van der Waals surface area (Å²) in [6.45, 7) is -1.36. The standard InChI is InChI=1S/C9H10F3N3O/c1-13-6-2-3-7(14-4-6)8(16)15-5-9(10,11)12/h2-4,13H,5H2,1H3,(H,15,16). The van der Waals surface area contributed by atoms with Gasteiger partial charge in [0, 0.05) is 7.05 Å². The summed E-state index contributed by atoms with van der Waals surface area (Å²) >= 11 is 0. The van der Waals surface area contributed by atoms with Crippen LogP contribution in [-0.2, 0) is 0 Å². The maximum absolute atomic E-state index is 11.8. The van der Waals surface area contributed by atoms with Crippen molar-refractivity contribution in [3.05, 3.63) is 24.0 Å². The summed E-state index contributed by atoms with van der Waals surface area (Å²) in [4.78, 5) is 14.9. The average Bonchev–Trinajstić information content (AvgIpc) is 2.25. The van der Waals surface area contributed by atoms with Crippen molar-refractivity contribution in [1.82, 2.24) is 10.3 Å². The zero-order valence-electron chi connectivity index (χ0n) is 8.43. The van der Waals surface area contributed by atoms with E-state index in [1.165, 1.54) is 12.3 Å². The summed E-state index contributed by atoms with van der Waals surface area (Å²) < 4.78 is 35.4. The van der Waals surface area contributed by atoms with Crippen LogP contribution >= 0.6 is 0 Å². The quantitative estimate of drug-likeness (QED) is 0.830. The Kier molecular flexibility index (Phi) is 3.70. The molecule has 0 aliphatic carbocycles. The van der Waals surface area contributed by atoms with Crippen LogP contribution in [0.5, 0.6) is 0 Å². The number of alkyl halides is 3. The fourth-order valence-electron chi connectivity index (χ4n) is 0.947. The molecule has 88 valence electrons. The summed E-state index contributed by atoms with van der Waals surface area (Å²) in [7, 11) is 1.67. The SMILES string of the molecule is CNc1ccc(C(=O)NCC(F)(F)F)nc1. The van der Waals surface area contributed by atoms with Gasteiger partial charge in [0.05, 0.1) is 11.9 Å². The van der Waals surface area contributed by atoms with E-state index in [0.29, 0.717) is 5.69 Å². The third-order valence-corrected chi connectivity index (χ3v) is 1.73. The van der Waals surface area contributed by atoms with Gasteiger partial charge >= 0.3 is 6.18 Å². The van der Waals surface area contributed by atoms with E-state index in [0.717, 1.165) is 0 Å². The number of rotatable bonds is 3. The number of carbonyl (C=O) groups is 1. The molecule has 0 bridgehead atoms. The van der Waals surface area contributed by atoms with Crippen LogP contribution in [0.3, 0.4) is 0 Å². The van der Waals surface area contributed by atoms with Crippen LogP contribution in [0.4, 0.5) is 18.9 Å². The molecule has 1 rings (SSSR count). The normalized spacial score (nSPS) is 11.0. The van der Waals surface area contributed by atoms with Crippen LogP contribution in [0.1, 0.15) is 10.5 Å². The second-order valence-corrected chi connectivity index (χ2v) is 2.98. The van der Waals surface area contributed by atoms with Gasteiger partial charge in [-0.25, -0.2) is 4.98 Å². The van der Waals surface area contributed by atoms with Crippen molar-refractivity contribution in [3.63, 3.8) is 0 Å². The molecule has 0 aliphatic heterocycles. The topological polar surface area (TPSA) is 54.0 Å². The highest BCUT2D eigenvalue weighted by molar-refractivity contribution is 5.92. The van der Waals surface area contributed by atoms with E-state index >= 15 is 0 Å². The number of hydrogen-bond donors (Lipinski definition) is 2. The monoisotopic (exact) mass is 233 g/mol. The van der Waals surface area contributed by atoms with Gasteiger partial charge < -0.3 is 10.6 Å². The molecule has 0 radical (unpaired) electrons. The number of halogens is 3. The van der Waals surface area contributed by atoms with Crippen LogP contribution in [0.15, 0.2) is 18.3 Å². The van der Waals surface area contributed by atoms with E-state index < -0.39 is 18.6 Å². The van der Waals surface area contributed by atoms with E-state index in [1.807, 2.05) is 0 Å². The van der Waals surface area contributed by atoms with E-state index in [4.69, 9.17) is 0 Å². The highest BCUT2D eigenvalue weighted by Crippen LogP contribution is 2.12. The minimum Gasteiger partial charge on any atom is -0.387 e. The molecule has 2 N–H and O–H groups in total. The maximum Gasteiger partial charge on any atom is 0.405 e. The molecular formula is C9H10F3N3O. The van der Waals surface area contributed by atoms with Gasteiger partial charge in [0.15, 0.2) is 0 Å². The summed E-state index contributed by atoms with van der Waals surface area (Å²) in [5, 5.41) is 4.50. The molecule has 0 aromatic carbocycles. The lowest BCUT2D eigenvalue weighted by Crippen LogP contribution is -2.34. The lowest BCUT2D eigenvalue weighted by molar-refractivity contribution is -0.123. The molecule has 16 heavy (non-hydrogen) atoms. The third kappa shape index (κ3) is 3.76. The molecule has 0 atom stereocenters. The van der Waals surface area contributed by atoms with Crippen molar-refractivity contribution in [2.45, 2.75) is 6.18 Å². The molecule has 4 nitrogen and oxygen atoms in total. The van der Waals surface area contributed by atoms with E-state index in [1.54, 1.807) is 18.4 Å². The van der Waals surface area contributed by atoms with Crippen LogP contribution in [0.25, 0.3) is 0 Å².